The summed E-state index contributed by atoms with van der Waals surface area (Å²) in [6.07, 6.45) is 0. The summed E-state index contributed by atoms with van der Waals surface area (Å²) in [7, 11) is 0. The Hall–Kier alpha value is 2.31. The second kappa shape index (κ2) is 3.22. The van der Waals surface area contributed by atoms with E-state index in [0.29, 0.717) is 0 Å². The monoisotopic (exact) mass is 420 g/mol. The predicted molar refractivity (Wildman–Crippen MR) is 64.0 cm³/mol. The van der Waals surface area contributed by atoms with Crippen LogP contribution in [0.15, 0.2) is 0 Å². The van der Waals surface area contributed by atoms with Gasteiger partial charge in [-0.2, -0.15) is 0 Å². The molecule has 0 aromatic heterocycles. The Morgan fingerprint density at radius 2 is 1.50 bits per heavy atom. The zero-order valence-electron chi connectivity index (χ0n) is 5.87. The van der Waals surface area contributed by atoms with E-state index in [4.69, 9.17) is 4.52 Å². The van der Waals surface area contributed by atoms with Gasteiger partial charge in [0.05, 0.1) is 0 Å². The second-order valence-corrected chi connectivity index (χ2v) is 25.5. The summed E-state index contributed by atoms with van der Waals surface area (Å²) in [6.45, 7) is 5.86. The molecule has 0 fully saturated rings. The van der Waals surface area contributed by atoms with Crippen LogP contribution < -0.4 is 0 Å². The van der Waals surface area contributed by atoms with Crippen molar-refractivity contribution in [3.8, 4) is 0 Å². The summed E-state index contributed by atoms with van der Waals surface area (Å²) < 4.78 is 2.93. The topological polar surface area (TPSA) is 9.23 Å². The fourth-order valence-electron chi connectivity index (χ4n) is 0.442. The average Bonchev–Trinajstić information content (AvgIpc) is 1.09. The van der Waals surface area contributed by atoms with Crippen LogP contribution in [0, 0.1) is 0 Å². The summed E-state index contributed by atoms with van der Waals surface area (Å²) in [5, 5.41) is 0. The van der Waals surface area contributed by atoms with Crippen molar-refractivity contribution in [2.75, 3.05) is 13.3 Å². The van der Waals surface area contributed by atoms with E-state index in [0.717, 1.165) is 0 Å². The van der Waals surface area contributed by atoms with Gasteiger partial charge in [0.25, 0.3) is 0 Å². The van der Waals surface area contributed by atoms with Crippen molar-refractivity contribution in [3.05, 3.63) is 0 Å². The first-order chi connectivity index (χ1) is 3.96. The van der Waals surface area contributed by atoms with Gasteiger partial charge in [0.15, 0.2) is 0 Å². The molecule has 10 heavy (non-hydrogen) atoms. The van der Waals surface area contributed by atoms with E-state index in [1.807, 2.05) is 20.3 Å². The van der Waals surface area contributed by atoms with Crippen LogP contribution in [0.4, 0.5) is 0 Å². The van der Waals surface area contributed by atoms with Crippen molar-refractivity contribution in [1.29, 1.82) is 0 Å². The van der Waals surface area contributed by atoms with Gasteiger partial charge in [-0.25, -0.2) is 0 Å². The van der Waals surface area contributed by atoms with Crippen LogP contribution in [0.25, 0.3) is 0 Å². The number of hydrogen-bond donors (Lipinski definition) is 0. The molecule has 0 radical (unpaired) electrons. The van der Waals surface area contributed by atoms with Crippen molar-refractivity contribution in [3.63, 3.8) is 0 Å². The summed E-state index contributed by atoms with van der Waals surface area (Å²) in [6, 6.07) is 0. The number of hydrogen-bond acceptors (Lipinski definition) is 1. The fraction of sp³-hybridized carbons (Fsp3) is 1.00. The van der Waals surface area contributed by atoms with Gasteiger partial charge in [-0.3, -0.25) is 0 Å². The molecule has 0 saturated heterocycles. The third kappa shape index (κ3) is 10.3. The van der Waals surface area contributed by atoms with Gasteiger partial charge in [-0.15, -0.1) is 0 Å². The molecule has 0 aromatic rings. The molecule has 0 heterocycles. The molecule has 0 aliphatic carbocycles. The standard InChI is InChI=1S/C4H9Br4OP/c1-4(5,6)9-10(2,3,7)8/h1-3H3. The SMILES string of the molecule is CC(Br)(Br)OP(C)(C)(Br)Br. The van der Waals surface area contributed by atoms with Crippen LogP contribution in [0.2, 0.25) is 0 Å². The van der Waals surface area contributed by atoms with E-state index in [9.17, 15) is 0 Å². The van der Waals surface area contributed by atoms with Gasteiger partial charge in [-0.05, 0) is 0 Å². The molecule has 0 atom stereocenters. The molecule has 64 valence electrons. The molecule has 0 unspecified atom stereocenters. The van der Waals surface area contributed by atoms with E-state index in [2.05, 4.69) is 62.8 Å². The summed E-state index contributed by atoms with van der Waals surface area (Å²) in [5.74, 6) is 0. The molecule has 0 bridgehead atoms. The molecule has 0 aliphatic rings. The fourth-order valence-corrected chi connectivity index (χ4v) is 8.00. The molecule has 1 nitrogen and oxygen atoms in total. The average molecular weight is 424 g/mol. The Morgan fingerprint density at radius 3 is 1.50 bits per heavy atom. The van der Waals surface area contributed by atoms with Gasteiger partial charge in [-0.1, -0.05) is 0 Å². The normalized spacial score (nSPS) is 18.1. The van der Waals surface area contributed by atoms with Crippen molar-refractivity contribution < 1.29 is 4.52 Å². The predicted octanol–water partition coefficient (Wildman–Crippen LogP) is 4.81. The van der Waals surface area contributed by atoms with Gasteiger partial charge in [0.1, 0.15) is 0 Å². The number of alkyl halides is 2. The first-order valence-corrected chi connectivity index (χ1v) is 11.2. The Morgan fingerprint density at radius 1 is 1.20 bits per heavy atom. The van der Waals surface area contributed by atoms with Gasteiger partial charge in [0, 0.05) is 0 Å². The molecule has 6 heteroatoms. The first kappa shape index (κ1) is 12.3. The Bertz CT molecular complexity index is 123. The Kier molecular flexibility index (Phi) is 3.97. The summed E-state index contributed by atoms with van der Waals surface area (Å²) in [5.41, 5.74) is 0. The molecular weight excluding hydrogens is 415 g/mol. The zero-order valence-corrected chi connectivity index (χ0v) is 13.1. The van der Waals surface area contributed by atoms with Crippen molar-refractivity contribution in [2.24, 2.45) is 0 Å². The zero-order chi connectivity index (χ0) is 8.65. The Labute approximate surface area is 94.4 Å². The van der Waals surface area contributed by atoms with Crippen LogP contribution in [0.1, 0.15) is 6.92 Å². The van der Waals surface area contributed by atoms with E-state index in [1.54, 1.807) is 0 Å². The van der Waals surface area contributed by atoms with Crippen LogP contribution in [0.5, 0.6) is 0 Å². The van der Waals surface area contributed by atoms with Crippen molar-refractivity contribution >= 4 is 67.1 Å². The third-order valence-electron chi connectivity index (χ3n) is 0.412. The maximum absolute atomic E-state index is 5.61. The summed E-state index contributed by atoms with van der Waals surface area (Å²) >= 11 is 13.6. The van der Waals surface area contributed by atoms with E-state index >= 15 is 0 Å². The van der Waals surface area contributed by atoms with E-state index < -0.39 is 7.65 Å². The minimum absolute atomic E-state index is 0.464. The molecule has 0 N–H and O–H groups in total. The number of halogens is 4. The molecule has 0 amide bonds. The first-order valence-electron chi connectivity index (χ1n) is 2.50. The van der Waals surface area contributed by atoms with Crippen LogP contribution in [0.3, 0.4) is 0 Å². The van der Waals surface area contributed by atoms with Gasteiger partial charge < -0.3 is 0 Å². The van der Waals surface area contributed by atoms with Crippen LogP contribution in [-0.4, -0.2) is 16.7 Å². The van der Waals surface area contributed by atoms with E-state index in [-0.39, 0.29) is 0 Å². The quantitative estimate of drug-likeness (QED) is 0.457. The van der Waals surface area contributed by atoms with Gasteiger partial charge >= 0.3 is 95.3 Å². The van der Waals surface area contributed by atoms with Crippen molar-refractivity contribution in [1.82, 2.24) is 0 Å². The van der Waals surface area contributed by atoms with Crippen LogP contribution in [-0.2, 0) is 4.52 Å². The van der Waals surface area contributed by atoms with Gasteiger partial charge in [0.2, 0.25) is 0 Å². The third-order valence-corrected chi connectivity index (χ3v) is 2.97. The molecule has 0 aromatic carbocycles. The molecular formula is C4H9Br4OP. The van der Waals surface area contributed by atoms with Crippen molar-refractivity contribution in [2.45, 2.75) is 10.3 Å². The van der Waals surface area contributed by atoms with E-state index in [1.165, 1.54) is 0 Å². The Balaban J connectivity index is 4.18. The maximum atomic E-state index is 5.61. The minimum atomic E-state index is -2.22. The second-order valence-electron chi connectivity index (χ2n) is 2.59. The number of rotatable bonds is 2. The summed E-state index contributed by atoms with van der Waals surface area (Å²) in [4.78, 5) is 0. The molecule has 0 saturated carbocycles. The molecule has 0 rings (SSSR count). The van der Waals surface area contributed by atoms with Crippen LogP contribution >= 0.6 is 67.1 Å². The molecule has 0 spiro atoms. The molecule has 0 aliphatic heterocycles.